The van der Waals surface area contributed by atoms with E-state index in [0.29, 0.717) is 0 Å². The Bertz CT molecular complexity index is 1490. The average molecular weight is 772 g/mol. The van der Waals surface area contributed by atoms with E-state index < -0.39 is 0 Å². The largest absolute Gasteiger partial charge is 0.372 e. The molecule has 0 heterocycles. The van der Waals surface area contributed by atoms with Crippen molar-refractivity contribution in [3.05, 3.63) is 91.0 Å². The molecule has 0 aliphatic rings. The third-order valence-electron chi connectivity index (χ3n) is 11.9. The molecule has 0 bridgehead atoms. The first-order valence-corrected chi connectivity index (χ1v) is 23.8. The standard InChI is InChI=1S/C54H81N3/c1-7-13-19-40-55(41-20-14-8-2)49-34-28-46(29-35-49)52-26-25-27-53(47-30-36-50(37-31-47)56(42-21-15-9-3)43-22-16-10-4)54(52)48-32-38-51(39-33-48)57(44-23-17-11-5)45-24-18-12-6/h25-39H,7-24,40-45H2,1-6H3. The van der Waals surface area contributed by atoms with Gasteiger partial charge in [0.15, 0.2) is 0 Å². The maximum absolute atomic E-state index is 2.64. The van der Waals surface area contributed by atoms with Crippen molar-refractivity contribution in [3.8, 4) is 33.4 Å². The Morgan fingerprint density at radius 2 is 0.526 bits per heavy atom. The molecule has 0 saturated carbocycles. The molecule has 0 N–H and O–H groups in total. The van der Waals surface area contributed by atoms with E-state index in [1.54, 1.807) is 0 Å². The van der Waals surface area contributed by atoms with Crippen LogP contribution in [0.5, 0.6) is 0 Å². The number of rotatable bonds is 30. The highest BCUT2D eigenvalue weighted by Gasteiger charge is 2.17. The van der Waals surface area contributed by atoms with Crippen molar-refractivity contribution in [2.45, 2.75) is 157 Å². The second kappa shape index (κ2) is 27.1. The molecule has 3 heteroatoms. The molecule has 0 amide bonds. The van der Waals surface area contributed by atoms with E-state index in [2.05, 4.69) is 147 Å². The Morgan fingerprint density at radius 1 is 0.281 bits per heavy atom. The second-order valence-corrected chi connectivity index (χ2v) is 16.6. The topological polar surface area (TPSA) is 9.72 Å². The average Bonchev–Trinajstić information content (AvgIpc) is 3.25. The molecular formula is C54H81N3. The summed E-state index contributed by atoms with van der Waals surface area (Å²) in [4.78, 5) is 7.90. The summed E-state index contributed by atoms with van der Waals surface area (Å²) in [6.45, 7) is 20.7. The minimum atomic E-state index is 1.14. The van der Waals surface area contributed by atoms with Gasteiger partial charge < -0.3 is 14.7 Å². The van der Waals surface area contributed by atoms with Crippen molar-refractivity contribution in [1.29, 1.82) is 0 Å². The summed E-state index contributed by atoms with van der Waals surface area (Å²) in [6, 6.07) is 35.7. The molecule has 4 aromatic rings. The summed E-state index contributed by atoms with van der Waals surface area (Å²) < 4.78 is 0. The van der Waals surface area contributed by atoms with Crippen LogP contribution in [-0.2, 0) is 0 Å². The third kappa shape index (κ3) is 14.9. The van der Waals surface area contributed by atoms with Crippen molar-refractivity contribution < 1.29 is 0 Å². The number of nitrogens with zero attached hydrogens (tertiary/aromatic N) is 3. The highest BCUT2D eigenvalue weighted by Crippen LogP contribution is 2.41. The number of hydrogen-bond acceptors (Lipinski definition) is 3. The Balaban J connectivity index is 1.75. The molecular weight excluding hydrogens is 691 g/mol. The molecule has 0 aliphatic heterocycles. The van der Waals surface area contributed by atoms with Crippen LogP contribution in [0.25, 0.3) is 33.4 Å². The van der Waals surface area contributed by atoms with Crippen LogP contribution in [0.4, 0.5) is 17.1 Å². The van der Waals surface area contributed by atoms with E-state index in [0.717, 1.165) is 39.3 Å². The van der Waals surface area contributed by atoms with Gasteiger partial charge in [-0.3, -0.25) is 0 Å². The summed E-state index contributed by atoms with van der Waals surface area (Å²) in [5.41, 5.74) is 11.9. The van der Waals surface area contributed by atoms with Crippen LogP contribution in [-0.4, -0.2) is 39.3 Å². The van der Waals surface area contributed by atoms with Crippen LogP contribution in [0, 0.1) is 0 Å². The van der Waals surface area contributed by atoms with E-state index in [4.69, 9.17) is 0 Å². The number of hydrogen-bond donors (Lipinski definition) is 0. The first-order chi connectivity index (χ1) is 28.1. The fourth-order valence-electron chi connectivity index (χ4n) is 8.31. The minimum Gasteiger partial charge on any atom is -0.372 e. The molecule has 0 saturated heterocycles. The summed E-state index contributed by atoms with van der Waals surface area (Å²) in [6.07, 6.45) is 22.9. The van der Waals surface area contributed by atoms with Gasteiger partial charge in [0, 0.05) is 56.3 Å². The van der Waals surface area contributed by atoms with Crippen molar-refractivity contribution >= 4 is 17.1 Å². The molecule has 0 atom stereocenters. The van der Waals surface area contributed by atoms with E-state index >= 15 is 0 Å². The lowest BCUT2D eigenvalue weighted by Crippen LogP contribution is -2.25. The number of anilines is 3. The van der Waals surface area contributed by atoms with Gasteiger partial charge in [0.25, 0.3) is 0 Å². The Hall–Kier alpha value is -3.72. The first-order valence-electron chi connectivity index (χ1n) is 23.8. The predicted octanol–water partition coefficient (Wildman–Crippen LogP) is 16.2. The molecule has 3 nitrogen and oxygen atoms in total. The van der Waals surface area contributed by atoms with Gasteiger partial charge in [-0.05, 0) is 108 Å². The van der Waals surface area contributed by atoms with Crippen molar-refractivity contribution in [2.24, 2.45) is 0 Å². The summed E-state index contributed by atoms with van der Waals surface area (Å²) >= 11 is 0. The monoisotopic (exact) mass is 772 g/mol. The molecule has 0 aromatic heterocycles. The molecule has 0 spiro atoms. The fourth-order valence-corrected chi connectivity index (χ4v) is 8.31. The van der Waals surface area contributed by atoms with Gasteiger partial charge in [0.05, 0.1) is 0 Å². The quantitative estimate of drug-likeness (QED) is 0.0489. The van der Waals surface area contributed by atoms with E-state index in [9.17, 15) is 0 Å². The summed E-state index contributed by atoms with van der Waals surface area (Å²) in [5.74, 6) is 0. The summed E-state index contributed by atoms with van der Waals surface area (Å²) in [7, 11) is 0. The van der Waals surface area contributed by atoms with Crippen LogP contribution in [0.2, 0.25) is 0 Å². The van der Waals surface area contributed by atoms with Crippen molar-refractivity contribution in [2.75, 3.05) is 54.0 Å². The number of benzene rings is 4. The normalized spacial score (nSPS) is 11.3. The van der Waals surface area contributed by atoms with Crippen LogP contribution < -0.4 is 14.7 Å². The Morgan fingerprint density at radius 3 is 0.772 bits per heavy atom. The Labute approximate surface area is 351 Å². The smallest absolute Gasteiger partial charge is 0.0366 e. The van der Waals surface area contributed by atoms with Gasteiger partial charge in [-0.2, -0.15) is 0 Å². The summed E-state index contributed by atoms with van der Waals surface area (Å²) in [5, 5.41) is 0. The molecule has 57 heavy (non-hydrogen) atoms. The third-order valence-corrected chi connectivity index (χ3v) is 11.9. The SMILES string of the molecule is CCCCCN(CCCCC)c1ccc(-c2cccc(-c3ccc(N(CCCCC)CCCCC)cc3)c2-c2ccc(N(CCCCC)CCCCC)cc2)cc1. The molecule has 0 aliphatic carbocycles. The lowest BCUT2D eigenvalue weighted by Gasteiger charge is -2.26. The van der Waals surface area contributed by atoms with Crippen LogP contribution in [0.15, 0.2) is 91.0 Å². The van der Waals surface area contributed by atoms with Crippen LogP contribution in [0.1, 0.15) is 157 Å². The predicted molar refractivity (Wildman–Crippen MR) is 257 cm³/mol. The second-order valence-electron chi connectivity index (χ2n) is 16.6. The van der Waals surface area contributed by atoms with Crippen LogP contribution in [0.3, 0.4) is 0 Å². The highest BCUT2D eigenvalue weighted by molar-refractivity contribution is 5.95. The van der Waals surface area contributed by atoms with E-state index in [1.807, 2.05) is 0 Å². The van der Waals surface area contributed by atoms with Gasteiger partial charge in [0.2, 0.25) is 0 Å². The molecule has 4 aromatic carbocycles. The number of unbranched alkanes of at least 4 members (excludes halogenated alkanes) is 12. The molecule has 312 valence electrons. The zero-order valence-electron chi connectivity index (χ0n) is 37.5. The minimum absolute atomic E-state index is 1.14. The Kier molecular flexibility index (Phi) is 21.8. The maximum atomic E-state index is 2.64. The first kappa shape index (κ1) is 46.0. The molecule has 0 fully saturated rings. The van der Waals surface area contributed by atoms with Gasteiger partial charge in [-0.15, -0.1) is 0 Å². The van der Waals surface area contributed by atoms with Gasteiger partial charge in [-0.25, -0.2) is 0 Å². The fraction of sp³-hybridized carbons (Fsp3) is 0.556. The van der Waals surface area contributed by atoms with E-state index in [1.165, 1.54) is 166 Å². The zero-order valence-corrected chi connectivity index (χ0v) is 37.5. The van der Waals surface area contributed by atoms with Crippen LogP contribution >= 0.6 is 0 Å². The molecule has 0 radical (unpaired) electrons. The van der Waals surface area contributed by atoms with Gasteiger partial charge in [0.1, 0.15) is 0 Å². The molecule has 4 rings (SSSR count). The van der Waals surface area contributed by atoms with Crippen molar-refractivity contribution in [1.82, 2.24) is 0 Å². The van der Waals surface area contributed by atoms with E-state index in [-0.39, 0.29) is 0 Å². The lowest BCUT2D eigenvalue weighted by molar-refractivity contribution is 0.636. The maximum Gasteiger partial charge on any atom is 0.0366 e. The lowest BCUT2D eigenvalue weighted by atomic mass is 9.87. The molecule has 0 unspecified atom stereocenters. The van der Waals surface area contributed by atoms with Gasteiger partial charge in [-0.1, -0.05) is 173 Å². The zero-order chi connectivity index (χ0) is 40.5. The van der Waals surface area contributed by atoms with Gasteiger partial charge >= 0.3 is 0 Å². The highest BCUT2D eigenvalue weighted by atomic mass is 15.1. The van der Waals surface area contributed by atoms with Crippen molar-refractivity contribution in [3.63, 3.8) is 0 Å².